The Hall–Kier alpha value is -1.88. The molecule has 3 rings (SSSR count). The summed E-state index contributed by atoms with van der Waals surface area (Å²) in [6.07, 6.45) is 3.44. The van der Waals surface area contributed by atoms with E-state index in [0.717, 1.165) is 31.4 Å². The van der Waals surface area contributed by atoms with Crippen LogP contribution in [-0.4, -0.2) is 27.5 Å². The van der Waals surface area contributed by atoms with E-state index < -0.39 is 0 Å². The van der Waals surface area contributed by atoms with Crippen LogP contribution in [0.1, 0.15) is 58.4 Å². The predicted molar refractivity (Wildman–Crippen MR) is 97.1 cm³/mol. The van der Waals surface area contributed by atoms with Crippen molar-refractivity contribution < 1.29 is 9.32 Å². The molecule has 1 aliphatic heterocycles. The number of rotatable bonds is 3. The molecule has 0 aliphatic carbocycles. The van der Waals surface area contributed by atoms with E-state index in [4.69, 9.17) is 16.1 Å². The molecule has 0 N–H and O–H groups in total. The van der Waals surface area contributed by atoms with Crippen LogP contribution < -0.4 is 0 Å². The van der Waals surface area contributed by atoms with Crippen molar-refractivity contribution in [1.29, 1.82) is 0 Å². The number of carbonyl (C=O) groups excluding carboxylic acids is 1. The lowest BCUT2D eigenvalue weighted by atomic mass is 9.90. The lowest BCUT2D eigenvalue weighted by Crippen LogP contribution is -2.40. The first-order valence-corrected chi connectivity index (χ1v) is 9.10. The van der Waals surface area contributed by atoms with Crippen molar-refractivity contribution in [3.8, 4) is 11.4 Å². The molecule has 1 aromatic heterocycles. The molecule has 6 heteroatoms. The molecule has 0 saturated carbocycles. The average molecular weight is 362 g/mol. The second kappa shape index (κ2) is 7.16. The third-order valence-corrected chi connectivity index (χ3v) is 4.55. The minimum atomic E-state index is -0.135. The number of carbonyl (C=O) groups is 1. The van der Waals surface area contributed by atoms with Crippen LogP contribution in [0.25, 0.3) is 11.4 Å². The maximum atomic E-state index is 12.7. The monoisotopic (exact) mass is 361 g/mol. The predicted octanol–water partition coefficient (Wildman–Crippen LogP) is 4.88. The van der Waals surface area contributed by atoms with Gasteiger partial charge in [0.15, 0.2) is 0 Å². The summed E-state index contributed by atoms with van der Waals surface area (Å²) in [5, 5.41) is 4.72. The second-order valence-electron chi connectivity index (χ2n) is 7.80. The molecule has 0 bridgehead atoms. The van der Waals surface area contributed by atoms with Crippen molar-refractivity contribution in [2.45, 2.75) is 52.5 Å². The van der Waals surface area contributed by atoms with Crippen molar-refractivity contribution >= 4 is 17.5 Å². The quantitative estimate of drug-likeness (QED) is 0.781. The first kappa shape index (κ1) is 17.9. The van der Waals surface area contributed by atoms with Gasteiger partial charge in [-0.3, -0.25) is 4.79 Å². The zero-order chi connectivity index (χ0) is 18.0. The Morgan fingerprint density at radius 2 is 2.16 bits per heavy atom. The summed E-state index contributed by atoms with van der Waals surface area (Å²) in [5.74, 6) is 1.17. The van der Waals surface area contributed by atoms with Gasteiger partial charge in [0.25, 0.3) is 0 Å². The van der Waals surface area contributed by atoms with Crippen LogP contribution in [0, 0.1) is 5.41 Å². The molecule has 1 saturated heterocycles. The van der Waals surface area contributed by atoms with Crippen molar-refractivity contribution in [2.75, 3.05) is 6.54 Å². The fourth-order valence-electron chi connectivity index (χ4n) is 3.16. The highest BCUT2D eigenvalue weighted by Crippen LogP contribution is 2.33. The zero-order valence-corrected chi connectivity index (χ0v) is 15.7. The van der Waals surface area contributed by atoms with Gasteiger partial charge >= 0.3 is 0 Å². The van der Waals surface area contributed by atoms with E-state index in [1.165, 1.54) is 0 Å². The zero-order valence-electron chi connectivity index (χ0n) is 15.0. The molecule has 2 aromatic rings. The van der Waals surface area contributed by atoms with Crippen LogP contribution in [0.5, 0.6) is 0 Å². The van der Waals surface area contributed by atoms with Gasteiger partial charge in [-0.15, -0.1) is 0 Å². The molecule has 134 valence electrons. The molecule has 0 unspecified atom stereocenters. The van der Waals surface area contributed by atoms with Crippen LogP contribution in [0.2, 0.25) is 5.02 Å². The first-order chi connectivity index (χ1) is 11.8. The van der Waals surface area contributed by atoms with Crippen molar-refractivity contribution in [3.63, 3.8) is 0 Å². The first-order valence-electron chi connectivity index (χ1n) is 8.72. The van der Waals surface area contributed by atoms with Gasteiger partial charge in [-0.05, 0) is 36.8 Å². The maximum absolute atomic E-state index is 12.7. The Balaban J connectivity index is 1.82. The molecule has 1 aliphatic rings. The van der Waals surface area contributed by atoms with E-state index in [1.807, 2.05) is 17.0 Å². The van der Waals surface area contributed by atoms with E-state index in [0.29, 0.717) is 23.2 Å². The maximum Gasteiger partial charge on any atom is 0.249 e. The minimum Gasteiger partial charge on any atom is -0.337 e. The molecule has 25 heavy (non-hydrogen) atoms. The number of benzene rings is 1. The third kappa shape index (κ3) is 4.40. The molecular formula is C19H24ClN3O2. The molecule has 0 spiro atoms. The number of aromatic nitrogens is 2. The van der Waals surface area contributed by atoms with E-state index in [9.17, 15) is 4.79 Å². The van der Waals surface area contributed by atoms with Gasteiger partial charge in [0.1, 0.15) is 6.04 Å². The van der Waals surface area contributed by atoms with Gasteiger partial charge in [-0.25, -0.2) is 0 Å². The lowest BCUT2D eigenvalue weighted by Gasteiger charge is -2.35. The van der Waals surface area contributed by atoms with Crippen LogP contribution in [0.4, 0.5) is 0 Å². The van der Waals surface area contributed by atoms with Gasteiger partial charge in [-0.2, -0.15) is 4.98 Å². The highest BCUT2D eigenvalue weighted by molar-refractivity contribution is 6.30. The molecule has 5 nitrogen and oxygen atoms in total. The highest BCUT2D eigenvalue weighted by atomic mass is 35.5. The Morgan fingerprint density at radius 1 is 1.36 bits per heavy atom. The van der Waals surface area contributed by atoms with E-state index >= 15 is 0 Å². The summed E-state index contributed by atoms with van der Waals surface area (Å²) >= 11 is 6.04. The number of hydrogen-bond donors (Lipinski definition) is 0. The number of amides is 1. The fraction of sp³-hybridized carbons (Fsp3) is 0.526. The normalized spacial score (nSPS) is 18.4. The summed E-state index contributed by atoms with van der Waals surface area (Å²) < 4.78 is 5.51. The number of hydrogen-bond acceptors (Lipinski definition) is 4. The molecule has 1 aromatic carbocycles. The van der Waals surface area contributed by atoms with Gasteiger partial charge in [-0.1, -0.05) is 49.7 Å². The smallest absolute Gasteiger partial charge is 0.249 e. The molecule has 1 atom stereocenters. The van der Waals surface area contributed by atoms with Crippen LogP contribution in [-0.2, 0) is 4.79 Å². The van der Waals surface area contributed by atoms with Crippen molar-refractivity contribution in [2.24, 2.45) is 5.41 Å². The molecule has 1 fully saturated rings. The number of nitrogens with zero attached hydrogens (tertiary/aromatic N) is 3. The van der Waals surface area contributed by atoms with E-state index in [1.54, 1.807) is 12.1 Å². The summed E-state index contributed by atoms with van der Waals surface area (Å²) in [6, 6.07) is 7.22. The summed E-state index contributed by atoms with van der Waals surface area (Å²) in [7, 11) is 0. The Labute approximate surface area is 153 Å². The van der Waals surface area contributed by atoms with E-state index in [-0.39, 0.29) is 17.4 Å². The standard InChI is InChI=1S/C19H24ClN3O2/c1-19(2,3)12-16(24)23-10-5-4-9-15(23)18-21-17(22-25-18)13-7-6-8-14(20)11-13/h6-8,11,15H,4-5,9-10,12H2,1-3H3/t15-/m1/s1. The van der Waals surface area contributed by atoms with Gasteiger partial charge in [0, 0.05) is 23.6 Å². The number of halogens is 1. The van der Waals surface area contributed by atoms with Gasteiger partial charge in [0.05, 0.1) is 0 Å². The van der Waals surface area contributed by atoms with Gasteiger partial charge < -0.3 is 9.42 Å². The third-order valence-electron chi connectivity index (χ3n) is 4.31. The Morgan fingerprint density at radius 3 is 2.88 bits per heavy atom. The van der Waals surface area contributed by atoms with Crippen LogP contribution in [0.3, 0.4) is 0 Å². The van der Waals surface area contributed by atoms with Crippen LogP contribution >= 0.6 is 11.6 Å². The van der Waals surface area contributed by atoms with Gasteiger partial charge in [0.2, 0.25) is 17.6 Å². The molecular weight excluding hydrogens is 338 g/mol. The second-order valence-corrected chi connectivity index (χ2v) is 8.24. The Kier molecular flexibility index (Phi) is 5.13. The summed E-state index contributed by atoms with van der Waals surface area (Å²) in [4.78, 5) is 19.2. The summed E-state index contributed by atoms with van der Waals surface area (Å²) in [5.41, 5.74) is 0.769. The summed E-state index contributed by atoms with van der Waals surface area (Å²) in [6.45, 7) is 6.98. The minimum absolute atomic E-state index is 0.0418. The largest absolute Gasteiger partial charge is 0.337 e. The van der Waals surface area contributed by atoms with Crippen LogP contribution in [0.15, 0.2) is 28.8 Å². The van der Waals surface area contributed by atoms with Crippen molar-refractivity contribution in [1.82, 2.24) is 15.0 Å². The number of piperidine rings is 1. The number of likely N-dealkylation sites (tertiary alicyclic amines) is 1. The SMILES string of the molecule is CC(C)(C)CC(=O)N1CCCC[C@@H]1c1nc(-c2cccc(Cl)c2)no1. The van der Waals surface area contributed by atoms with E-state index in [2.05, 4.69) is 30.9 Å². The molecule has 0 radical (unpaired) electrons. The molecule has 2 heterocycles. The van der Waals surface area contributed by atoms with Crippen molar-refractivity contribution in [3.05, 3.63) is 35.2 Å². The lowest BCUT2D eigenvalue weighted by molar-refractivity contribution is -0.137. The molecule has 1 amide bonds. The topological polar surface area (TPSA) is 59.2 Å². The fourth-order valence-corrected chi connectivity index (χ4v) is 3.35. The Bertz CT molecular complexity index is 751. The average Bonchev–Trinajstić information content (AvgIpc) is 3.03. The highest BCUT2D eigenvalue weighted by Gasteiger charge is 2.33.